The molecule has 2 amide bonds. The molecule has 3 rings (SSSR count). The number of urea groups is 1. The van der Waals surface area contributed by atoms with Gasteiger partial charge in [-0.15, -0.1) is 0 Å². The van der Waals surface area contributed by atoms with Crippen molar-refractivity contribution >= 4 is 6.03 Å². The highest BCUT2D eigenvalue weighted by Crippen LogP contribution is 2.30. The van der Waals surface area contributed by atoms with Gasteiger partial charge in [-0.3, -0.25) is 0 Å². The van der Waals surface area contributed by atoms with E-state index in [0.717, 1.165) is 36.9 Å². The van der Waals surface area contributed by atoms with E-state index in [4.69, 9.17) is 4.42 Å². The standard InChI is InChI=1S/C17H19FN2O2/c18-15-6-4-14(5-7-15)16-3-1-2-9-20(16)17(21)19-11-13-8-10-22-12-13/h4-8,10,12,16H,1-3,9,11H2,(H,19,21)/t16-/m1/s1. The quantitative estimate of drug-likeness (QED) is 0.936. The number of carbonyl (C=O) groups is 1. The van der Waals surface area contributed by atoms with Gasteiger partial charge in [-0.1, -0.05) is 12.1 Å². The zero-order valence-electron chi connectivity index (χ0n) is 12.3. The van der Waals surface area contributed by atoms with Gasteiger partial charge in [0, 0.05) is 18.7 Å². The Hall–Kier alpha value is -2.30. The van der Waals surface area contributed by atoms with E-state index in [1.165, 1.54) is 12.1 Å². The fourth-order valence-corrected chi connectivity index (χ4v) is 2.88. The molecule has 22 heavy (non-hydrogen) atoms. The molecule has 2 aromatic rings. The van der Waals surface area contributed by atoms with Crippen molar-refractivity contribution in [2.24, 2.45) is 0 Å². The van der Waals surface area contributed by atoms with Gasteiger partial charge in [0.05, 0.1) is 18.6 Å². The summed E-state index contributed by atoms with van der Waals surface area (Å²) in [4.78, 5) is 14.3. The highest BCUT2D eigenvalue weighted by molar-refractivity contribution is 5.74. The monoisotopic (exact) mass is 302 g/mol. The van der Waals surface area contributed by atoms with Crippen molar-refractivity contribution in [2.75, 3.05) is 6.54 Å². The molecule has 1 aliphatic heterocycles. The molecular weight excluding hydrogens is 283 g/mol. The van der Waals surface area contributed by atoms with Crippen LogP contribution in [0.5, 0.6) is 0 Å². The highest BCUT2D eigenvalue weighted by Gasteiger charge is 2.27. The molecule has 0 radical (unpaired) electrons. The first-order valence-electron chi connectivity index (χ1n) is 7.55. The number of hydrogen-bond donors (Lipinski definition) is 1. The second-order valence-electron chi connectivity index (χ2n) is 5.55. The van der Waals surface area contributed by atoms with E-state index in [2.05, 4.69) is 5.32 Å². The lowest BCUT2D eigenvalue weighted by molar-refractivity contribution is 0.151. The van der Waals surface area contributed by atoms with Crippen LogP contribution in [0.1, 0.15) is 36.4 Å². The molecule has 1 fully saturated rings. The fourth-order valence-electron chi connectivity index (χ4n) is 2.88. The van der Waals surface area contributed by atoms with Crippen molar-refractivity contribution < 1.29 is 13.6 Å². The number of rotatable bonds is 3. The van der Waals surface area contributed by atoms with E-state index in [0.29, 0.717) is 6.54 Å². The molecule has 0 bridgehead atoms. The zero-order valence-corrected chi connectivity index (χ0v) is 12.3. The van der Waals surface area contributed by atoms with E-state index >= 15 is 0 Å². The van der Waals surface area contributed by atoms with Gasteiger partial charge in [-0.25, -0.2) is 9.18 Å². The van der Waals surface area contributed by atoms with Crippen molar-refractivity contribution in [2.45, 2.75) is 31.8 Å². The second kappa shape index (κ2) is 6.64. The van der Waals surface area contributed by atoms with Crippen LogP contribution in [-0.2, 0) is 6.54 Å². The van der Waals surface area contributed by atoms with Gasteiger partial charge >= 0.3 is 6.03 Å². The molecule has 1 atom stereocenters. The Morgan fingerprint density at radius 1 is 1.27 bits per heavy atom. The molecule has 1 N–H and O–H groups in total. The number of halogens is 1. The van der Waals surface area contributed by atoms with Crippen LogP contribution < -0.4 is 5.32 Å². The second-order valence-corrected chi connectivity index (χ2v) is 5.55. The van der Waals surface area contributed by atoms with Crippen molar-refractivity contribution in [1.82, 2.24) is 10.2 Å². The minimum Gasteiger partial charge on any atom is -0.472 e. The molecule has 116 valence electrons. The minimum absolute atomic E-state index is 0.0127. The predicted octanol–water partition coefficient (Wildman–Crippen LogP) is 3.86. The number of furan rings is 1. The lowest BCUT2D eigenvalue weighted by Gasteiger charge is -2.36. The van der Waals surface area contributed by atoms with Gasteiger partial charge in [-0.05, 0) is 43.0 Å². The summed E-state index contributed by atoms with van der Waals surface area (Å²) >= 11 is 0. The maximum Gasteiger partial charge on any atom is 0.318 e. The summed E-state index contributed by atoms with van der Waals surface area (Å²) in [5.41, 5.74) is 1.92. The van der Waals surface area contributed by atoms with Crippen molar-refractivity contribution in [3.8, 4) is 0 Å². The molecule has 5 heteroatoms. The summed E-state index contributed by atoms with van der Waals surface area (Å²) in [5, 5.41) is 2.92. The van der Waals surface area contributed by atoms with E-state index in [1.54, 1.807) is 24.7 Å². The van der Waals surface area contributed by atoms with Crippen LogP contribution in [0.3, 0.4) is 0 Å². The first-order chi connectivity index (χ1) is 10.7. The number of nitrogens with zero attached hydrogens (tertiary/aromatic N) is 1. The molecule has 1 aromatic carbocycles. The van der Waals surface area contributed by atoms with Crippen molar-refractivity contribution in [3.63, 3.8) is 0 Å². The van der Waals surface area contributed by atoms with Gasteiger partial charge in [-0.2, -0.15) is 0 Å². The zero-order chi connectivity index (χ0) is 15.4. The Balaban J connectivity index is 1.68. The lowest BCUT2D eigenvalue weighted by atomic mass is 9.95. The third-order valence-electron chi connectivity index (χ3n) is 4.04. The highest BCUT2D eigenvalue weighted by atomic mass is 19.1. The minimum atomic E-state index is -0.254. The van der Waals surface area contributed by atoms with E-state index < -0.39 is 0 Å². The summed E-state index contributed by atoms with van der Waals surface area (Å²) in [6, 6.07) is 8.18. The van der Waals surface area contributed by atoms with Gasteiger partial charge in [0.2, 0.25) is 0 Å². The molecule has 0 unspecified atom stereocenters. The smallest absolute Gasteiger partial charge is 0.318 e. The van der Waals surface area contributed by atoms with Gasteiger partial charge in [0.25, 0.3) is 0 Å². The number of likely N-dealkylation sites (tertiary alicyclic amines) is 1. The number of carbonyl (C=O) groups excluding carboxylic acids is 1. The van der Waals surface area contributed by atoms with Crippen LogP contribution in [0.15, 0.2) is 47.3 Å². The van der Waals surface area contributed by atoms with Crippen molar-refractivity contribution in [3.05, 3.63) is 59.8 Å². The Bertz CT molecular complexity index is 610. The first kappa shape index (κ1) is 14.6. The summed E-state index contributed by atoms with van der Waals surface area (Å²) in [6.45, 7) is 1.17. The number of nitrogens with one attached hydrogen (secondary N) is 1. The average Bonchev–Trinajstić information content (AvgIpc) is 3.07. The normalized spacial score (nSPS) is 18.2. The third-order valence-corrected chi connectivity index (χ3v) is 4.04. The fraction of sp³-hybridized carbons (Fsp3) is 0.353. The average molecular weight is 302 g/mol. The SMILES string of the molecule is O=C(NCc1ccoc1)N1CCCC[C@@H]1c1ccc(F)cc1. The van der Waals surface area contributed by atoms with Gasteiger partial charge < -0.3 is 14.6 Å². The van der Waals surface area contributed by atoms with Crippen LogP contribution >= 0.6 is 0 Å². The Labute approximate surface area is 128 Å². The maximum absolute atomic E-state index is 13.1. The lowest BCUT2D eigenvalue weighted by Crippen LogP contribution is -2.44. The number of hydrogen-bond acceptors (Lipinski definition) is 2. The molecular formula is C17H19FN2O2. The van der Waals surface area contributed by atoms with Gasteiger partial charge in [0.1, 0.15) is 5.82 Å². The first-order valence-corrected chi connectivity index (χ1v) is 7.55. The van der Waals surface area contributed by atoms with Crippen LogP contribution in [-0.4, -0.2) is 17.5 Å². The summed E-state index contributed by atoms with van der Waals surface area (Å²) in [6.07, 6.45) is 6.19. The molecule has 4 nitrogen and oxygen atoms in total. The number of piperidine rings is 1. The Kier molecular flexibility index (Phi) is 4.42. The largest absolute Gasteiger partial charge is 0.472 e. The Morgan fingerprint density at radius 3 is 2.82 bits per heavy atom. The summed E-state index contributed by atoms with van der Waals surface area (Å²) in [5.74, 6) is -0.254. The van der Waals surface area contributed by atoms with Crippen molar-refractivity contribution in [1.29, 1.82) is 0 Å². The number of amides is 2. The molecule has 1 aliphatic rings. The van der Waals surface area contributed by atoms with Crippen LogP contribution in [0.4, 0.5) is 9.18 Å². The van der Waals surface area contributed by atoms with Gasteiger partial charge in [0.15, 0.2) is 0 Å². The van der Waals surface area contributed by atoms with E-state index in [9.17, 15) is 9.18 Å². The molecule has 1 saturated heterocycles. The molecule has 1 aromatic heterocycles. The predicted molar refractivity (Wildman–Crippen MR) is 80.6 cm³/mol. The van der Waals surface area contributed by atoms with E-state index in [-0.39, 0.29) is 17.9 Å². The molecule has 0 spiro atoms. The van der Waals surface area contributed by atoms with Crippen LogP contribution in [0, 0.1) is 5.82 Å². The summed E-state index contributed by atoms with van der Waals surface area (Å²) < 4.78 is 18.1. The van der Waals surface area contributed by atoms with Crippen LogP contribution in [0.25, 0.3) is 0 Å². The summed E-state index contributed by atoms with van der Waals surface area (Å²) in [7, 11) is 0. The molecule has 0 saturated carbocycles. The Morgan fingerprint density at radius 2 is 2.09 bits per heavy atom. The van der Waals surface area contributed by atoms with Crippen LogP contribution in [0.2, 0.25) is 0 Å². The van der Waals surface area contributed by atoms with E-state index in [1.807, 2.05) is 11.0 Å². The maximum atomic E-state index is 13.1. The third kappa shape index (κ3) is 3.30. The molecule has 0 aliphatic carbocycles. The number of benzene rings is 1. The topological polar surface area (TPSA) is 45.5 Å². The molecule has 2 heterocycles.